The SMILES string of the molecule is Cn1nc(C(F)(F)F)c2cc(C(=O)NCC3(O)CCNC3)sc21. The molecule has 0 aliphatic carbocycles. The summed E-state index contributed by atoms with van der Waals surface area (Å²) in [7, 11) is 1.41. The Labute approximate surface area is 133 Å². The Hall–Kier alpha value is -1.65. The number of halogens is 3. The highest BCUT2D eigenvalue weighted by Gasteiger charge is 2.38. The highest BCUT2D eigenvalue weighted by Crippen LogP contribution is 2.37. The molecular weight excluding hydrogens is 333 g/mol. The number of aliphatic hydroxyl groups is 1. The van der Waals surface area contributed by atoms with Crippen LogP contribution < -0.4 is 10.6 Å². The third-order valence-corrected chi connectivity index (χ3v) is 5.00. The molecule has 1 atom stereocenters. The van der Waals surface area contributed by atoms with Gasteiger partial charge in [0.15, 0.2) is 5.69 Å². The van der Waals surface area contributed by atoms with Crippen LogP contribution in [0.4, 0.5) is 13.2 Å². The number of β-amino-alcohol motifs (C(OH)–C–C–N with tert-alkyl or cyclic N) is 1. The van der Waals surface area contributed by atoms with E-state index in [-0.39, 0.29) is 21.6 Å². The van der Waals surface area contributed by atoms with Crippen LogP contribution in [0.25, 0.3) is 10.2 Å². The molecule has 1 unspecified atom stereocenters. The average Bonchev–Trinajstić information content (AvgIpc) is 3.13. The summed E-state index contributed by atoms with van der Waals surface area (Å²) in [5, 5.41) is 19.1. The van der Waals surface area contributed by atoms with Crippen molar-refractivity contribution in [1.29, 1.82) is 0 Å². The van der Waals surface area contributed by atoms with E-state index in [4.69, 9.17) is 0 Å². The van der Waals surface area contributed by atoms with Crippen molar-refractivity contribution >= 4 is 27.5 Å². The molecule has 1 aliphatic heterocycles. The lowest BCUT2D eigenvalue weighted by atomic mass is 10.0. The summed E-state index contributed by atoms with van der Waals surface area (Å²) in [5.74, 6) is -0.500. The number of thiophene rings is 1. The first-order valence-electron chi connectivity index (χ1n) is 6.95. The van der Waals surface area contributed by atoms with Crippen molar-refractivity contribution in [3.05, 3.63) is 16.6 Å². The van der Waals surface area contributed by atoms with Gasteiger partial charge in [0.1, 0.15) is 4.83 Å². The first-order chi connectivity index (χ1) is 10.7. The molecule has 6 nitrogen and oxygen atoms in total. The summed E-state index contributed by atoms with van der Waals surface area (Å²) < 4.78 is 39.9. The number of nitrogens with one attached hydrogen (secondary N) is 2. The Balaban J connectivity index is 1.81. The molecule has 0 spiro atoms. The topological polar surface area (TPSA) is 79.2 Å². The molecule has 1 saturated heterocycles. The van der Waals surface area contributed by atoms with Gasteiger partial charge in [-0.05, 0) is 19.0 Å². The number of hydrogen-bond donors (Lipinski definition) is 3. The molecule has 126 valence electrons. The van der Waals surface area contributed by atoms with Gasteiger partial charge in [0.05, 0.1) is 10.5 Å². The Bertz CT molecular complexity index is 746. The maximum absolute atomic E-state index is 12.9. The van der Waals surface area contributed by atoms with E-state index in [1.807, 2.05) is 0 Å². The number of nitrogens with zero attached hydrogens (tertiary/aromatic N) is 2. The van der Waals surface area contributed by atoms with E-state index in [1.54, 1.807) is 0 Å². The number of aryl methyl sites for hydroxylation is 1. The quantitative estimate of drug-likeness (QED) is 0.776. The minimum Gasteiger partial charge on any atom is -0.387 e. The van der Waals surface area contributed by atoms with Crippen molar-refractivity contribution in [2.45, 2.75) is 18.2 Å². The molecule has 3 N–H and O–H groups in total. The molecule has 1 fully saturated rings. The normalized spacial score (nSPS) is 22.0. The van der Waals surface area contributed by atoms with Crippen LogP contribution >= 0.6 is 11.3 Å². The Morgan fingerprint density at radius 3 is 2.96 bits per heavy atom. The molecule has 0 saturated carbocycles. The lowest BCUT2D eigenvalue weighted by molar-refractivity contribution is -0.140. The molecule has 0 bridgehead atoms. The predicted molar refractivity (Wildman–Crippen MR) is 78.4 cm³/mol. The smallest absolute Gasteiger partial charge is 0.387 e. The van der Waals surface area contributed by atoms with Crippen molar-refractivity contribution < 1.29 is 23.1 Å². The highest BCUT2D eigenvalue weighted by molar-refractivity contribution is 7.20. The van der Waals surface area contributed by atoms with Gasteiger partial charge >= 0.3 is 6.18 Å². The molecule has 10 heteroatoms. The van der Waals surface area contributed by atoms with Gasteiger partial charge in [-0.15, -0.1) is 11.3 Å². The van der Waals surface area contributed by atoms with Crippen molar-refractivity contribution in [2.24, 2.45) is 7.05 Å². The van der Waals surface area contributed by atoms with Crippen molar-refractivity contribution in [3.8, 4) is 0 Å². The minimum atomic E-state index is -4.57. The van der Waals surface area contributed by atoms with Crippen molar-refractivity contribution in [1.82, 2.24) is 20.4 Å². The van der Waals surface area contributed by atoms with E-state index in [1.165, 1.54) is 13.1 Å². The zero-order valence-corrected chi connectivity index (χ0v) is 13.0. The fraction of sp³-hybridized carbons (Fsp3) is 0.538. The van der Waals surface area contributed by atoms with Crippen LogP contribution in [0.15, 0.2) is 6.07 Å². The molecular formula is C13H15F3N4O2S. The molecule has 1 aliphatic rings. The summed E-state index contributed by atoms with van der Waals surface area (Å²) in [6.45, 7) is 1.09. The molecule has 3 rings (SSSR count). The molecule has 23 heavy (non-hydrogen) atoms. The van der Waals surface area contributed by atoms with E-state index in [0.29, 0.717) is 19.5 Å². The minimum absolute atomic E-state index is 0.0530. The average molecular weight is 348 g/mol. The standard InChI is InChI=1S/C13H15F3N4O2S/c1-20-11-7(9(19-20)13(14,15)16)4-8(23-11)10(21)18-6-12(22)2-3-17-5-12/h4,17,22H,2-3,5-6H2,1H3,(H,18,21). The lowest BCUT2D eigenvalue weighted by Gasteiger charge is -2.21. The van der Waals surface area contributed by atoms with E-state index in [9.17, 15) is 23.1 Å². The van der Waals surface area contributed by atoms with Gasteiger partial charge < -0.3 is 15.7 Å². The number of carbonyl (C=O) groups is 1. The molecule has 2 aromatic rings. The summed E-state index contributed by atoms with van der Waals surface area (Å²) in [6, 6.07) is 1.20. The number of rotatable bonds is 3. The summed E-state index contributed by atoms with van der Waals surface area (Å²) >= 11 is 0.942. The molecule has 1 amide bonds. The number of hydrogen-bond acceptors (Lipinski definition) is 5. The van der Waals surface area contributed by atoms with Gasteiger partial charge in [-0.1, -0.05) is 0 Å². The number of aromatic nitrogens is 2. The van der Waals surface area contributed by atoms with Crippen LogP contribution in [-0.2, 0) is 13.2 Å². The van der Waals surface area contributed by atoms with Crippen LogP contribution in [0, 0.1) is 0 Å². The predicted octanol–water partition coefficient (Wildman–Crippen LogP) is 1.11. The third kappa shape index (κ3) is 3.06. The Kier molecular flexibility index (Phi) is 3.85. The lowest BCUT2D eigenvalue weighted by Crippen LogP contribution is -2.44. The highest BCUT2D eigenvalue weighted by atomic mass is 32.1. The summed E-state index contributed by atoms with van der Waals surface area (Å²) in [5.41, 5.74) is -2.01. The molecule has 3 heterocycles. The van der Waals surface area contributed by atoms with E-state index in [0.717, 1.165) is 16.0 Å². The van der Waals surface area contributed by atoms with Gasteiger partial charge in [0, 0.05) is 25.5 Å². The zero-order chi connectivity index (χ0) is 16.8. The summed E-state index contributed by atoms with van der Waals surface area (Å²) in [6.07, 6.45) is -4.05. The number of fused-ring (bicyclic) bond motifs is 1. The molecule has 2 aromatic heterocycles. The van der Waals surface area contributed by atoms with Crippen LogP contribution in [0.2, 0.25) is 0 Å². The zero-order valence-electron chi connectivity index (χ0n) is 12.2. The van der Waals surface area contributed by atoms with E-state index >= 15 is 0 Å². The first-order valence-corrected chi connectivity index (χ1v) is 7.76. The Morgan fingerprint density at radius 1 is 1.61 bits per heavy atom. The van der Waals surface area contributed by atoms with Crippen LogP contribution in [-0.4, -0.2) is 46.0 Å². The number of carbonyl (C=O) groups excluding carboxylic acids is 1. The molecule has 0 aromatic carbocycles. The largest absolute Gasteiger partial charge is 0.435 e. The second kappa shape index (κ2) is 5.46. The third-order valence-electron chi connectivity index (χ3n) is 3.80. The van der Waals surface area contributed by atoms with Crippen LogP contribution in [0.3, 0.4) is 0 Å². The second-order valence-electron chi connectivity index (χ2n) is 5.63. The van der Waals surface area contributed by atoms with Crippen molar-refractivity contribution in [2.75, 3.05) is 19.6 Å². The van der Waals surface area contributed by atoms with Gasteiger partial charge in [0.25, 0.3) is 5.91 Å². The van der Waals surface area contributed by atoms with Gasteiger partial charge in [-0.25, -0.2) is 0 Å². The van der Waals surface area contributed by atoms with Crippen LogP contribution in [0.5, 0.6) is 0 Å². The van der Waals surface area contributed by atoms with Crippen molar-refractivity contribution in [3.63, 3.8) is 0 Å². The monoisotopic (exact) mass is 348 g/mol. The maximum atomic E-state index is 12.9. The fourth-order valence-corrected chi connectivity index (χ4v) is 3.56. The fourth-order valence-electron chi connectivity index (χ4n) is 2.58. The second-order valence-corrected chi connectivity index (χ2v) is 6.66. The van der Waals surface area contributed by atoms with Gasteiger partial charge in [-0.3, -0.25) is 9.48 Å². The summed E-state index contributed by atoms with van der Waals surface area (Å²) in [4.78, 5) is 12.6. The van der Waals surface area contributed by atoms with Gasteiger partial charge in [-0.2, -0.15) is 18.3 Å². The maximum Gasteiger partial charge on any atom is 0.435 e. The number of amides is 1. The molecule has 0 radical (unpaired) electrons. The number of alkyl halides is 3. The van der Waals surface area contributed by atoms with Gasteiger partial charge in [0.2, 0.25) is 0 Å². The van der Waals surface area contributed by atoms with Crippen LogP contribution in [0.1, 0.15) is 21.8 Å². The van der Waals surface area contributed by atoms with E-state index < -0.39 is 23.4 Å². The Morgan fingerprint density at radius 2 is 2.35 bits per heavy atom. The first kappa shape index (κ1) is 16.2. The van der Waals surface area contributed by atoms with E-state index in [2.05, 4.69) is 15.7 Å².